The molecule has 0 saturated heterocycles. The second kappa shape index (κ2) is 15.3. The van der Waals surface area contributed by atoms with Gasteiger partial charge in [0.25, 0.3) is 0 Å². The van der Waals surface area contributed by atoms with Crippen LogP contribution in [0, 0.1) is 0 Å². The second-order valence-electron chi connectivity index (χ2n) is 2.17. The minimum absolute atomic E-state index is 0. The number of ether oxygens (including phenoxy) is 1. The molecule has 0 heterocycles. The number of rotatable bonds is 8. The van der Waals surface area contributed by atoms with E-state index in [4.69, 9.17) is 4.74 Å². The Morgan fingerprint density at radius 1 is 1.17 bits per heavy atom. The van der Waals surface area contributed by atoms with Crippen LogP contribution in [0.5, 0.6) is 0 Å². The van der Waals surface area contributed by atoms with Crippen LogP contribution in [-0.4, -0.2) is 19.0 Å². The summed E-state index contributed by atoms with van der Waals surface area (Å²) in [7, 11) is -5.50. The van der Waals surface area contributed by atoms with Crippen molar-refractivity contribution in [2.75, 3.05) is 19.0 Å². The van der Waals surface area contributed by atoms with Gasteiger partial charge in [-0.15, -0.1) is 6.58 Å². The average molecular weight is 344 g/mol. The minimum Gasteiger partial charge on any atom is -0.790 e. The van der Waals surface area contributed by atoms with E-state index in [0.29, 0.717) is 0 Å². The summed E-state index contributed by atoms with van der Waals surface area (Å²) in [5.74, 6) is -0.0331. The summed E-state index contributed by atoms with van der Waals surface area (Å²) in [5, 5.41) is 0. The first kappa shape index (κ1) is 29.4. The van der Waals surface area contributed by atoms with Gasteiger partial charge in [0, 0.05) is 5.75 Å². The van der Waals surface area contributed by atoms with Crippen molar-refractivity contribution in [1.29, 1.82) is 0 Å². The molecule has 0 aromatic carbocycles. The predicted molar refractivity (Wildman–Crippen MR) is 49.8 cm³/mol. The van der Waals surface area contributed by atoms with Gasteiger partial charge in [-0.1, -0.05) is 17.5 Å². The maximum absolute atomic E-state index is 10.8. The molecule has 18 heavy (non-hydrogen) atoms. The maximum Gasteiger partial charge on any atom is 1.00 e. The third-order valence-electron chi connectivity index (χ3n) is 0.913. The molecule has 1 unspecified atom stereocenters. The Labute approximate surface area is 176 Å². The number of hydrogen-bond donors (Lipinski definition) is 0. The van der Waals surface area contributed by atoms with E-state index in [2.05, 4.69) is 10.9 Å². The van der Waals surface area contributed by atoms with Gasteiger partial charge in [0.15, 0.2) is 6.80 Å². The first-order valence-corrected chi connectivity index (χ1v) is 8.24. The zero-order valence-corrected chi connectivity index (χ0v) is 19.2. The molecule has 7 nitrogen and oxygen atoms in total. The van der Waals surface area contributed by atoms with Crippen LogP contribution in [0.1, 0.15) is 0 Å². The van der Waals surface area contributed by atoms with Gasteiger partial charge in [-0.2, -0.15) is 0 Å². The van der Waals surface area contributed by atoms with E-state index >= 15 is 0 Å². The molecule has 0 N–H and O–H groups in total. The summed E-state index contributed by atoms with van der Waals surface area (Å²) in [6.45, 7) is -0.993. The summed E-state index contributed by atoms with van der Waals surface area (Å²) in [4.78, 5) is 30.8. The molecular formula is C5H9Na3O7P2S. The molecule has 0 aliphatic carbocycles. The smallest absolute Gasteiger partial charge is 0.790 e. The summed E-state index contributed by atoms with van der Waals surface area (Å²) in [6.07, 6.45) is 1.47. The Bertz CT molecular complexity index is 299. The van der Waals surface area contributed by atoms with Crippen molar-refractivity contribution in [2.45, 2.75) is 0 Å². The molecule has 0 aromatic heterocycles. The molecule has 0 radical (unpaired) electrons. The van der Waals surface area contributed by atoms with Crippen LogP contribution in [0.2, 0.25) is 0 Å². The molecule has 90 valence electrons. The Hall–Kier alpha value is 3.35. The molecule has 0 bridgehead atoms. The van der Waals surface area contributed by atoms with Crippen molar-refractivity contribution in [2.24, 2.45) is 0 Å². The molecule has 0 saturated carbocycles. The largest absolute Gasteiger partial charge is 1.00 e. The van der Waals surface area contributed by atoms with E-state index in [1.165, 1.54) is 6.08 Å². The predicted octanol–water partition coefficient (Wildman–Crippen LogP) is -9.75. The van der Waals surface area contributed by atoms with Crippen LogP contribution < -0.4 is 103 Å². The van der Waals surface area contributed by atoms with Gasteiger partial charge >= 0.3 is 88.7 Å². The fourth-order valence-electron chi connectivity index (χ4n) is 0.521. The van der Waals surface area contributed by atoms with Crippen molar-refractivity contribution in [1.82, 2.24) is 0 Å². The second-order valence-corrected chi connectivity index (χ2v) is 7.40. The monoisotopic (exact) mass is 344 g/mol. The molecule has 0 spiro atoms. The summed E-state index contributed by atoms with van der Waals surface area (Å²) < 4.78 is 29.0. The molecule has 0 aliphatic rings. The van der Waals surface area contributed by atoms with E-state index in [1.54, 1.807) is 0 Å². The van der Waals surface area contributed by atoms with Gasteiger partial charge in [0.2, 0.25) is 0 Å². The fraction of sp³-hybridized carbons (Fsp3) is 0.600. The van der Waals surface area contributed by atoms with Crippen LogP contribution in [0.25, 0.3) is 0 Å². The normalized spacial score (nSPS) is 13.3. The van der Waals surface area contributed by atoms with Crippen molar-refractivity contribution in [3.8, 4) is 0 Å². The van der Waals surface area contributed by atoms with E-state index in [-0.39, 0.29) is 119 Å². The van der Waals surface area contributed by atoms with Crippen LogP contribution in [0.3, 0.4) is 0 Å². The molecular weight excluding hydrogens is 335 g/mol. The molecule has 0 amide bonds. The summed E-state index contributed by atoms with van der Waals surface area (Å²) in [6, 6.07) is 0. The molecule has 13 heteroatoms. The van der Waals surface area contributed by atoms with Gasteiger partial charge < -0.3 is 24.0 Å². The van der Waals surface area contributed by atoms with Crippen LogP contribution in [0.15, 0.2) is 12.7 Å². The topological polar surface area (TPSA) is 122 Å². The van der Waals surface area contributed by atoms with Crippen molar-refractivity contribution >= 4 is 26.0 Å². The Kier molecular flexibility index (Phi) is 24.9. The van der Waals surface area contributed by atoms with Gasteiger partial charge in [-0.3, -0.25) is 8.88 Å². The summed E-state index contributed by atoms with van der Waals surface area (Å²) in [5.41, 5.74) is 0. The van der Waals surface area contributed by atoms with Crippen LogP contribution >= 0.6 is 26.0 Å². The third-order valence-corrected chi connectivity index (χ3v) is 5.27. The summed E-state index contributed by atoms with van der Waals surface area (Å²) >= 11 is 0.202. The van der Waals surface area contributed by atoms with E-state index in [0.717, 1.165) is 0 Å². The van der Waals surface area contributed by atoms with Crippen molar-refractivity contribution in [3.63, 3.8) is 0 Å². The molecule has 0 fully saturated rings. The zero-order valence-electron chi connectivity index (χ0n) is 10.6. The Morgan fingerprint density at radius 2 is 1.67 bits per heavy atom. The van der Waals surface area contributed by atoms with E-state index in [9.17, 15) is 23.8 Å². The first-order valence-electron chi connectivity index (χ1n) is 3.64. The SMILES string of the molecule is C=CCOCCSP(=O)([O-])OP(=O)([O-])[O-].[Na+].[Na+].[Na+]. The van der Waals surface area contributed by atoms with Crippen molar-refractivity contribution < 1.29 is 122 Å². The van der Waals surface area contributed by atoms with Gasteiger partial charge in [0.05, 0.1) is 21.0 Å². The minimum atomic E-state index is -5.50. The van der Waals surface area contributed by atoms with Gasteiger partial charge in [-0.05, 0) is 0 Å². The number of phosphoric acid groups is 1. The van der Waals surface area contributed by atoms with E-state index < -0.39 is 14.6 Å². The van der Waals surface area contributed by atoms with Crippen LogP contribution in [-0.2, 0) is 18.2 Å². The molecule has 0 rings (SSSR count). The van der Waals surface area contributed by atoms with Crippen molar-refractivity contribution in [3.05, 3.63) is 12.7 Å². The zero-order chi connectivity index (χ0) is 11.9. The maximum atomic E-state index is 10.8. The van der Waals surface area contributed by atoms with Gasteiger partial charge in [-0.25, -0.2) is 0 Å². The standard InChI is InChI=1S/C5H12O7P2S.3Na/c1-2-3-11-4-5-15-14(9,10)12-13(6,7)8;;;/h2H,1,3-5H2,(H,9,10)(H2,6,7,8);;;/q;3*+1/p-3. The fourth-order valence-corrected chi connectivity index (χ4v) is 4.16. The average Bonchev–Trinajstić information content (AvgIpc) is 1.99. The third kappa shape index (κ3) is 21.6. The first-order chi connectivity index (χ1) is 6.77. The molecule has 0 aromatic rings. The molecule has 0 aliphatic heterocycles. The quantitative estimate of drug-likeness (QED) is 0.184. The Morgan fingerprint density at radius 3 is 2.06 bits per heavy atom. The Balaban J connectivity index is -0.000000327. The van der Waals surface area contributed by atoms with Crippen LogP contribution in [0.4, 0.5) is 0 Å². The number of hydrogen-bond acceptors (Lipinski definition) is 8. The van der Waals surface area contributed by atoms with Gasteiger partial charge in [0.1, 0.15) is 0 Å². The van der Waals surface area contributed by atoms with E-state index in [1.807, 2.05) is 0 Å². The molecule has 1 atom stereocenters.